The molecule has 0 aliphatic carbocycles. The van der Waals surface area contributed by atoms with Crippen LogP contribution >= 0.6 is 0 Å². The number of hydrogen-bond acceptors (Lipinski definition) is 4. The first kappa shape index (κ1) is 18.4. The Morgan fingerprint density at radius 1 is 0.654 bits per heavy atom. The third-order valence-electron chi connectivity index (χ3n) is 5.70. The Labute approximate surface area is 155 Å². The number of benzene rings is 2. The third-order valence-corrected chi connectivity index (χ3v) is 5.70. The maximum Gasteiger partial charge on any atom is 0.241 e. The van der Waals surface area contributed by atoms with Gasteiger partial charge in [-0.2, -0.15) is 0 Å². The van der Waals surface area contributed by atoms with E-state index in [2.05, 4.69) is 6.92 Å². The minimum atomic E-state index is -0.399. The highest BCUT2D eigenvalue weighted by atomic mass is 16.7. The molecule has 2 aromatic carbocycles. The molecule has 0 atom stereocenters. The lowest BCUT2D eigenvalue weighted by atomic mass is 9.87. The first-order chi connectivity index (χ1) is 12.2. The molecule has 1 heterocycles. The minimum Gasteiger partial charge on any atom is -0.507 e. The molecular formula is C22H28O4. The van der Waals surface area contributed by atoms with Crippen LogP contribution in [0.4, 0.5) is 0 Å². The van der Waals surface area contributed by atoms with E-state index < -0.39 is 6.29 Å². The topological polar surface area (TPSA) is 58.9 Å². The predicted molar refractivity (Wildman–Crippen MR) is 104 cm³/mol. The van der Waals surface area contributed by atoms with E-state index in [0.717, 1.165) is 68.8 Å². The molecule has 26 heavy (non-hydrogen) atoms. The number of aromatic hydroxyl groups is 2. The molecule has 0 spiro atoms. The fourth-order valence-corrected chi connectivity index (χ4v) is 3.75. The molecule has 0 radical (unpaired) electrons. The maximum absolute atomic E-state index is 10.7. The molecule has 2 aromatic rings. The highest BCUT2D eigenvalue weighted by Crippen LogP contribution is 2.53. The highest BCUT2D eigenvalue weighted by molar-refractivity contribution is 5.88. The van der Waals surface area contributed by atoms with Gasteiger partial charge in [-0.15, -0.1) is 0 Å². The van der Waals surface area contributed by atoms with Crippen molar-refractivity contribution < 1.29 is 19.7 Å². The summed E-state index contributed by atoms with van der Waals surface area (Å²) in [6.07, 6.45) is 1.29. The zero-order chi connectivity index (χ0) is 19.3. The van der Waals surface area contributed by atoms with Crippen molar-refractivity contribution in [3.8, 4) is 34.1 Å². The van der Waals surface area contributed by atoms with Crippen molar-refractivity contribution in [1.82, 2.24) is 0 Å². The Balaban J connectivity index is 2.48. The van der Waals surface area contributed by atoms with Gasteiger partial charge in [-0.1, -0.05) is 6.92 Å². The van der Waals surface area contributed by atoms with Gasteiger partial charge in [0.05, 0.1) is 0 Å². The Hall–Kier alpha value is -2.36. The summed E-state index contributed by atoms with van der Waals surface area (Å²) in [6, 6.07) is 0. The van der Waals surface area contributed by atoms with Crippen molar-refractivity contribution in [2.45, 2.75) is 67.6 Å². The van der Waals surface area contributed by atoms with Crippen LogP contribution < -0.4 is 9.47 Å². The lowest BCUT2D eigenvalue weighted by Gasteiger charge is -2.21. The van der Waals surface area contributed by atoms with Crippen LogP contribution in [0.25, 0.3) is 11.1 Å². The van der Waals surface area contributed by atoms with E-state index in [-0.39, 0.29) is 11.5 Å². The monoisotopic (exact) mass is 356 g/mol. The van der Waals surface area contributed by atoms with Crippen molar-refractivity contribution in [3.05, 3.63) is 33.4 Å². The number of rotatable bonds is 2. The zero-order valence-corrected chi connectivity index (χ0v) is 16.7. The van der Waals surface area contributed by atoms with Crippen LogP contribution in [0.1, 0.15) is 53.1 Å². The standard InChI is InChI=1S/C22H28O4/c1-8-9-16-25-21-12(4)10(2)19(23)14(6)17(21)18-15(7)20(24)11(3)13(5)22(18)26-16/h16,23-24H,8-9H2,1-7H3. The average molecular weight is 356 g/mol. The number of ether oxygens (including phenoxy) is 2. The second kappa shape index (κ2) is 6.42. The molecule has 0 bridgehead atoms. The Morgan fingerprint density at radius 3 is 1.38 bits per heavy atom. The number of phenols is 2. The molecule has 0 fully saturated rings. The van der Waals surface area contributed by atoms with Crippen LogP contribution in [0, 0.1) is 41.5 Å². The second-order valence-electron chi connectivity index (χ2n) is 7.31. The molecule has 4 nitrogen and oxygen atoms in total. The van der Waals surface area contributed by atoms with E-state index in [0.29, 0.717) is 0 Å². The second-order valence-corrected chi connectivity index (χ2v) is 7.31. The van der Waals surface area contributed by atoms with E-state index in [1.165, 1.54) is 0 Å². The van der Waals surface area contributed by atoms with Gasteiger partial charge in [0.2, 0.25) is 6.29 Å². The van der Waals surface area contributed by atoms with Crippen LogP contribution in [0.5, 0.6) is 23.0 Å². The number of phenolic OH excluding ortho intramolecular Hbond substituents is 2. The lowest BCUT2D eigenvalue weighted by molar-refractivity contribution is 0.00147. The lowest BCUT2D eigenvalue weighted by Crippen LogP contribution is -2.23. The van der Waals surface area contributed by atoms with Crippen molar-refractivity contribution in [1.29, 1.82) is 0 Å². The molecule has 3 rings (SSSR count). The van der Waals surface area contributed by atoms with Crippen molar-refractivity contribution in [2.24, 2.45) is 0 Å². The Morgan fingerprint density at radius 2 is 1.04 bits per heavy atom. The van der Waals surface area contributed by atoms with Crippen LogP contribution in [0.15, 0.2) is 0 Å². The SMILES string of the molecule is CCCC1Oc2c(C)c(C)c(O)c(C)c2-c2c(C)c(O)c(C)c(C)c2O1. The first-order valence-corrected chi connectivity index (χ1v) is 9.19. The Bertz CT molecular complexity index is 825. The van der Waals surface area contributed by atoms with Gasteiger partial charge in [0, 0.05) is 28.7 Å². The summed E-state index contributed by atoms with van der Waals surface area (Å²) < 4.78 is 12.6. The summed E-state index contributed by atoms with van der Waals surface area (Å²) in [7, 11) is 0. The van der Waals surface area contributed by atoms with Crippen LogP contribution in [-0.4, -0.2) is 16.5 Å². The quantitative estimate of drug-likeness (QED) is 0.744. The van der Waals surface area contributed by atoms with E-state index in [4.69, 9.17) is 9.47 Å². The molecule has 1 aliphatic heterocycles. The number of hydrogen-bond donors (Lipinski definition) is 2. The molecule has 1 aliphatic rings. The average Bonchev–Trinajstić information content (AvgIpc) is 2.79. The van der Waals surface area contributed by atoms with Crippen molar-refractivity contribution in [2.75, 3.05) is 0 Å². The smallest absolute Gasteiger partial charge is 0.241 e. The van der Waals surface area contributed by atoms with Gasteiger partial charge >= 0.3 is 0 Å². The Kier molecular flexibility index (Phi) is 4.55. The maximum atomic E-state index is 10.7. The minimum absolute atomic E-state index is 0.266. The zero-order valence-electron chi connectivity index (χ0n) is 16.7. The van der Waals surface area contributed by atoms with Gasteiger partial charge in [-0.25, -0.2) is 0 Å². The molecule has 0 saturated carbocycles. The highest BCUT2D eigenvalue weighted by Gasteiger charge is 2.32. The number of fused-ring (bicyclic) bond motifs is 3. The predicted octanol–water partition coefficient (Wildman–Crippen LogP) is 5.51. The van der Waals surface area contributed by atoms with Gasteiger partial charge in [-0.05, 0) is 70.2 Å². The summed E-state index contributed by atoms with van der Waals surface area (Å²) in [6.45, 7) is 13.6. The fraction of sp³-hybridized carbons (Fsp3) is 0.455. The largest absolute Gasteiger partial charge is 0.507 e. The van der Waals surface area contributed by atoms with Gasteiger partial charge in [0.25, 0.3) is 0 Å². The van der Waals surface area contributed by atoms with E-state index in [9.17, 15) is 10.2 Å². The molecule has 4 heteroatoms. The van der Waals surface area contributed by atoms with Gasteiger partial charge in [-0.3, -0.25) is 0 Å². The molecule has 140 valence electrons. The summed E-state index contributed by atoms with van der Waals surface area (Å²) in [4.78, 5) is 0. The first-order valence-electron chi connectivity index (χ1n) is 9.19. The van der Waals surface area contributed by atoms with Gasteiger partial charge in [0.1, 0.15) is 23.0 Å². The van der Waals surface area contributed by atoms with Crippen LogP contribution in [0.2, 0.25) is 0 Å². The molecule has 0 amide bonds. The van der Waals surface area contributed by atoms with Gasteiger partial charge in [0.15, 0.2) is 0 Å². The summed E-state index contributed by atoms with van der Waals surface area (Å²) in [5.74, 6) is 2.00. The summed E-state index contributed by atoms with van der Waals surface area (Å²) in [5, 5.41) is 21.3. The van der Waals surface area contributed by atoms with Crippen molar-refractivity contribution >= 4 is 0 Å². The van der Waals surface area contributed by atoms with E-state index in [1.807, 2.05) is 41.5 Å². The normalized spacial score (nSPS) is 13.5. The van der Waals surface area contributed by atoms with Crippen molar-refractivity contribution in [3.63, 3.8) is 0 Å². The summed E-state index contributed by atoms with van der Waals surface area (Å²) >= 11 is 0. The van der Waals surface area contributed by atoms with E-state index in [1.54, 1.807) is 0 Å². The molecule has 2 N–H and O–H groups in total. The van der Waals surface area contributed by atoms with E-state index >= 15 is 0 Å². The van der Waals surface area contributed by atoms with Crippen LogP contribution in [-0.2, 0) is 0 Å². The molecule has 0 unspecified atom stereocenters. The molecule has 0 saturated heterocycles. The van der Waals surface area contributed by atoms with Crippen LogP contribution in [0.3, 0.4) is 0 Å². The van der Waals surface area contributed by atoms with Gasteiger partial charge < -0.3 is 19.7 Å². The fourth-order valence-electron chi connectivity index (χ4n) is 3.75. The molecule has 0 aromatic heterocycles. The summed E-state index contributed by atoms with van der Waals surface area (Å²) in [5.41, 5.74) is 6.55. The molecular weight excluding hydrogens is 328 g/mol. The third kappa shape index (κ3) is 2.51.